The Labute approximate surface area is 416 Å². The Kier molecular flexibility index (Phi) is 14.5. The number of hydrogen-bond acceptors (Lipinski definition) is 12. The molecule has 2 aromatic heterocycles. The van der Waals surface area contributed by atoms with Crippen molar-refractivity contribution in [3.8, 4) is 22.9 Å². The van der Waals surface area contributed by atoms with Gasteiger partial charge in [-0.15, -0.1) is 30.0 Å². The van der Waals surface area contributed by atoms with Crippen molar-refractivity contribution >= 4 is 27.8 Å². The van der Waals surface area contributed by atoms with Crippen molar-refractivity contribution in [2.24, 2.45) is 20.0 Å². The molecular weight excluding hydrogens is 944 g/mol. The molecule has 69 heavy (non-hydrogen) atoms. The predicted molar refractivity (Wildman–Crippen MR) is 260 cm³/mol. The molecule has 14 nitrogen and oxygen atoms in total. The zero-order valence-corrected chi connectivity index (χ0v) is 40.8. The van der Waals surface area contributed by atoms with Gasteiger partial charge in [0.1, 0.15) is 56.5 Å². The van der Waals surface area contributed by atoms with Gasteiger partial charge in [0.25, 0.3) is 0 Å². The van der Waals surface area contributed by atoms with E-state index in [0.29, 0.717) is 23.6 Å². The van der Waals surface area contributed by atoms with Gasteiger partial charge in [-0.25, -0.2) is 0 Å². The fourth-order valence-electron chi connectivity index (χ4n) is 7.72. The van der Waals surface area contributed by atoms with Crippen LogP contribution in [0.4, 0.5) is 0 Å². The van der Waals surface area contributed by atoms with Crippen LogP contribution in [0.25, 0.3) is 33.5 Å². The second kappa shape index (κ2) is 21.0. The fourth-order valence-corrected chi connectivity index (χ4v) is 7.72. The van der Waals surface area contributed by atoms with Gasteiger partial charge in [-0.3, -0.25) is 20.0 Å². The largest absolute Gasteiger partial charge is 0.510 e. The van der Waals surface area contributed by atoms with Crippen LogP contribution in [0.15, 0.2) is 189 Å². The molecule has 1 aliphatic carbocycles. The second-order valence-corrected chi connectivity index (χ2v) is 16.6. The van der Waals surface area contributed by atoms with E-state index in [-0.39, 0.29) is 55.8 Å². The van der Waals surface area contributed by atoms with Gasteiger partial charge in [0.2, 0.25) is 0 Å². The van der Waals surface area contributed by atoms with Gasteiger partial charge in [-0.05, 0) is 131 Å². The minimum atomic E-state index is -0.313. The summed E-state index contributed by atoms with van der Waals surface area (Å²) < 4.78 is 0. The van der Waals surface area contributed by atoms with Gasteiger partial charge in [-0.1, -0.05) is 83.4 Å². The van der Waals surface area contributed by atoms with Crippen molar-refractivity contribution in [1.82, 2.24) is 30.0 Å². The van der Waals surface area contributed by atoms with Crippen LogP contribution in [0.1, 0.15) is 59.9 Å². The molecule has 0 spiro atoms. The van der Waals surface area contributed by atoms with Crippen molar-refractivity contribution in [1.29, 1.82) is 0 Å². The topological polar surface area (TPSA) is 192 Å². The van der Waals surface area contributed by atoms with E-state index in [1.54, 1.807) is 18.2 Å². The fraction of sp³-hybridized carbons (Fsp3) is 0.148. The number of fused-ring (bicyclic) bond motifs is 4. The molecule has 0 unspecified atom stereocenters. The summed E-state index contributed by atoms with van der Waals surface area (Å²) in [6.07, 6.45) is 2.88. The van der Waals surface area contributed by atoms with E-state index in [1.807, 2.05) is 160 Å². The van der Waals surface area contributed by atoms with Gasteiger partial charge >= 0.3 is 0 Å². The minimum Gasteiger partial charge on any atom is -0.510 e. The third-order valence-electron chi connectivity index (χ3n) is 11.3. The summed E-state index contributed by atoms with van der Waals surface area (Å²) in [7, 11) is 0. The Morgan fingerprint density at radius 2 is 0.783 bits per heavy atom. The SMILES string of the molecule is CC1=CC(n2nc3ccccc3n2)=C(O)CC1.Cc1ccc(O)c(-n2nc3ccccc3n2)c1.Cc1ccc(O)c(C2N=c3ccccc3=N2)c1.Cc1ccc(O)c(C2N=c3ccccc3=N2)c1.[Zr]. The first-order chi connectivity index (χ1) is 32.9. The zero-order valence-electron chi connectivity index (χ0n) is 38.3. The molecule has 7 aromatic carbocycles. The molecule has 3 aliphatic rings. The maximum absolute atomic E-state index is 9.90. The van der Waals surface area contributed by atoms with E-state index < -0.39 is 0 Å². The van der Waals surface area contributed by atoms with Gasteiger partial charge in [0.05, 0.1) is 21.4 Å². The van der Waals surface area contributed by atoms with Crippen LogP contribution in [0.3, 0.4) is 0 Å². The molecule has 0 amide bonds. The molecule has 12 rings (SSSR count). The first kappa shape index (κ1) is 47.6. The Balaban J connectivity index is 0.000000123. The second-order valence-electron chi connectivity index (χ2n) is 16.6. The molecule has 4 heterocycles. The number of para-hydroxylation sites is 4. The molecule has 2 aliphatic heterocycles. The molecule has 9 aromatic rings. The Bertz CT molecular complexity index is 3420. The Hall–Kier alpha value is -7.90. The number of hydrogen-bond donors (Lipinski definition) is 4. The first-order valence-corrected chi connectivity index (χ1v) is 22.1. The van der Waals surface area contributed by atoms with Crippen molar-refractivity contribution in [3.05, 3.63) is 218 Å². The summed E-state index contributed by atoms with van der Waals surface area (Å²) in [6, 6.07) is 47.2. The van der Waals surface area contributed by atoms with Crippen molar-refractivity contribution in [2.75, 3.05) is 0 Å². The number of aliphatic hydroxyl groups excluding tert-OH is 1. The maximum Gasteiger partial charge on any atom is 0.170 e. The van der Waals surface area contributed by atoms with Gasteiger partial charge in [-0.2, -0.15) is 0 Å². The smallest absolute Gasteiger partial charge is 0.170 e. The van der Waals surface area contributed by atoms with Crippen molar-refractivity contribution in [3.63, 3.8) is 0 Å². The number of phenolic OH excluding ortho intramolecular Hbond substituents is 3. The molecule has 15 heteroatoms. The summed E-state index contributed by atoms with van der Waals surface area (Å²) >= 11 is 0. The number of rotatable bonds is 4. The van der Waals surface area contributed by atoms with E-state index in [4.69, 9.17) is 0 Å². The molecule has 4 N–H and O–H groups in total. The minimum absolute atomic E-state index is 0. The molecule has 0 saturated heterocycles. The maximum atomic E-state index is 9.90. The van der Waals surface area contributed by atoms with Gasteiger partial charge < -0.3 is 20.4 Å². The molecule has 0 fully saturated rings. The number of nitrogens with zero attached hydrogens (tertiary/aromatic N) is 10. The number of aryl methyl sites for hydroxylation is 3. The summed E-state index contributed by atoms with van der Waals surface area (Å²) in [6.45, 7) is 8.00. The van der Waals surface area contributed by atoms with E-state index in [0.717, 1.165) is 77.7 Å². The van der Waals surface area contributed by atoms with E-state index in [9.17, 15) is 20.4 Å². The molecule has 0 bridgehead atoms. The monoisotopic (exact) mass is 990 g/mol. The van der Waals surface area contributed by atoms with Crippen LogP contribution in [-0.2, 0) is 26.2 Å². The molecule has 0 atom stereocenters. The Morgan fingerprint density at radius 1 is 0.420 bits per heavy atom. The zero-order chi connectivity index (χ0) is 47.3. The van der Waals surface area contributed by atoms with Crippen LogP contribution in [0.2, 0.25) is 0 Å². The van der Waals surface area contributed by atoms with E-state index >= 15 is 0 Å². The molecular formula is C54H48N10O4Zr. The average Bonchev–Trinajstić information content (AvgIpc) is 4.17. The molecule has 0 radical (unpaired) electrons. The summed E-state index contributed by atoms with van der Waals surface area (Å²) in [4.78, 5) is 21.0. The van der Waals surface area contributed by atoms with Crippen LogP contribution in [-0.4, -0.2) is 50.4 Å². The average molecular weight is 992 g/mol. The summed E-state index contributed by atoms with van der Waals surface area (Å²) in [5.41, 5.74) is 10.6. The van der Waals surface area contributed by atoms with Crippen molar-refractivity contribution < 1.29 is 46.6 Å². The number of benzene rings is 7. The number of aliphatic hydroxyl groups is 1. The number of aromatic nitrogens is 6. The summed E-state index contributed by atoms with van der Waals surface area (Å²) in [5.74, 6) is 1.04. The quantitative estimate of drug-likeness (QED) is 0.135. The predicted octanol–water partition coefficient (Wildman–Crippen LogP) is 8.63. The molecule has 342 valence electrons. The number of allylic oxidation sites excluding steroid dienone is 4. The van der Waals surface area contributed by atoms with Gasteiger partial charge in [0.15, 0.2) is 12.3 Å². The standard InChI is InChI=1S/2C14H12N2O.C13H13N3O.C13H11N3O.Zr/c2*1-9-6-7-13(17)10(8-9)14-15-11-4-2-3-5-12(11)16-14;2*1-9-6-7-13(17)12(8-9)16-14-10-4-2-3-5-11(10)15-16;/h2*2-8,14,17H,1H3;2-5,8,17H,6-7H2,1H3;2-8,17H,1H3;. The van der Waals surface area contributed by atoms with Gasteiger partial charge in [0, 0.05) is 43.8 Å². The van der Waals surface area contributed by atoms with Crippen molar-refractivity contribution in [2.45, 2.75) is 52.9 Å². The van der Waals surface area contributed by atoms with Crippen LogP contribution in [0.5, 0.6) is 17.2 Å². The number of phenols is 3. The normalized spacial score (nSPS) is 13.6. The van der Waals surface area contributed by atoms with E-state index in [2.05, 4.69) is 47.3 Å². The van der Waals surface area contributed by atoms with Crippen LogP contribution in [0, 0.1) is 20.8 Å². The summed E-state index contributed by atoms with van der Waals surface area (Å²) in [5, 5.41) is 60.4. The third kappa shape index (κ3) is 11.0. The first-order valence-electron chi connectivity index (χ1n) is 22.1. The molecule has 0 saturated carbocycles. The van der Waals surface area contributed by atoms with E-state index in [1.165, 1.54) is 15.2 Å². The third-order valence-corrected chi connectivity index (χ3v) is 11.3. The van der Waals surface area contributed by atoms with Crippen LogP contribution >= 0.6 is 0 Å². The van der Waals surface area contributed by atoms with Crippen LogP contribution < -0.4 is 21.4 Å². The Morgan fingerprint density at radius 3 is 1.20 bits per heavy atom. The number of aromatic hydroxyl groups is 3.